The molecule has 0 atom stereocenters. The molecule has 1 aromatic heterocycles. The molecule has 15 heavy (non-hydrogen) atoms. The topological polar surface area (TPSA) is 55.0 Å². The Labute approximate surface area is 95.5 Å². The third-order valence-electron chi connectivity index (χ3n) is 2.51. The Morgan fingerprint density at radius 3 is 2.40 bits per heavy atom. The number of rotatable bonds is 6. The molecule has 0 amide bonds. The quantitative estimate of drug-likeness (QED) is 0.806. The number of hydrogen-bond acceptors (Lipinski definition) is 5. The summed E-state index contributed by atoms with van der Waals surface area (Å²) < 4.78 is 0. The van der Waals surface area contributed by atoms with Crippen molar-refractivity contribution in [2.24, 2.45) is 5.73 Å². The molecule has 1 heterocycles. The van der Waals surface area contributed by atoms with Crippen LogP contribution in [0.25, 0.3) is 0 Å². The monoisotopic (exact) mass is 228 g/mol. The molecule has 0 aliphatic heterocycles. The van der Waals surface area contributed by atoms with Crippen LogP contribution in [-0.4, -0.2) is 29.3 Å². The van der Waals surface area contributed by atoms with Gasteiger partial charge in [-0.1, -0.05) is 25.2 Å². The van der Waals surface area contributed by atoms with E-state index in [-0.39, 0.29) is 0 Å². The van der Waals surface area contributed by atoms with Crippen molar-refractivity contribution in [3.63, 3.8) is 0 Å². The van der Waals surface area contributed by atoms with Gasteiger partial charge in [-0.05, 0) is 19.8 Å². The molecule has 0 spiro atoms. The summed E-state index contributed by atoms with van der Waals surface area (Å²) in [5.41, 5.74) is 5.64. The van der Waals surface area contributed by atoms with Crippen molar-refractivity contribution in [3.05, 3.63) is 5.01 Å². The smallest absolute Gasteiger partial charge is 0.208 e. The van der Waals surface area contributed by atoms with E-state index in [2.05, 4.69) is 28.9 Å². The number of hydrogen-bond donors (Lipinski definition) is 1. The van der Waals surface area contributed by atoms with E-state index < -0.39 is 0 Å². The molecule has 86 valence electrons. The maximum Gasteiger partial charge on any atom is 0.208 e. The van der Waals surface area contributed by atoms with Crippen molar-refractivity contribution in [3.8, 4) is 0 Å². The molecule has 0 aromatic carbocycles. The van der Waals surface area contributed by atoms with Crippen LogP contribution in [0.5, 0.6) is 0 Å². The molecule has 4 nitrogen and oxygen atoms in total. The largest absolute Gasteiger partial charge is 0.342 e. The Balaban J connectivity index is 2.81. The van der Waals surface area contributed by atoms with Crippen LogP contribution in [0.2, 0.25) is 0 Å². The average molecular weight is 228 g/mol. The Hall–Kier alpha value is -0.680. The second kappa shape index (κ2) is 6.02. The van der Waals surface area contributed by atoms with Gasteiger partial charge in [0, 0.05) is 19.1 Å². The number of aromatic nitrogens is 2. The highest BCUT2D eigenvalue weighted by Crippen LogP contribution is 2.23. The molecule has 0 saturated heterocycles. The number of anilines is 1. The van der Waals surface area contributed by atoms with E-state index in [0.29, 0.717) is 12.6 Å². The van der Waals surface area contributed by atoms with Crippen molar-refractivity contribution in [2.75, 3.05) is 18.0 Å². The molecular formula is C10H20N4S. The maximum absolute atomic E-state index is 5.64. The van der Waals surface area contributed by atoms with Crippen molar-refractivity contribution in [1.29, 1.82) is 0 Å². The Kier molecular flexibility index (Phi) is 4.98. The molecule has 0 aliphatic carbocycles. The van der Waals surface area contributed by atoms with E-state index in [1.807, 2.05) is 6.92 Å². The van der Waals surface area contributed by atoms with E-state index in [9.17, 15) is 0 Å². The van der Waals surface area contributed by atoms with Crippen LogP contribution in [-0.2, 0) is 0 Å². The highest BCUT2D eigenvalue weighted by atomic mass is 32.1. The maximum atomic E-state index is 5.64. The molecule has 2 N–H and O–H groups in total. The molecule has 1 aromatic rings. The Bertz CT molecular complexity index is 283. The highest BCUT2D eigenvalue weighted by molar-refractivity contribution is 7.15. The van der Waals surface area contributed by atoms with Crippen LogP contribution < -0.4 is 10.6 Å². The number of nitrogens with zero attached hydrogens (tertiary/aromatic N) is 3. The van der Waals surface area contributed by atoms with Gasteiger partial charge >= 0.3 is 0 Å². The summed E-state index contributed by atoms with van der Waals surface area (Å²) in [6.07, 6.45) is 2.24. The zero-order valence-electron chi connectivity index (χ0n) is 9.73. The van der Waals surface area contributed by atoms with Crippen LogP contribution in [0.1, 0.15) is 31.7 Å². The van der Waals surface area contributed by atoms with Crippen LogP contribution in [0, 0.1) is 6.92 Å². The van der Waals surface area contributed by atoms with Crippen LogP contribution >= 0.6 is 11.3 Å². The summed E-state index contributed by atoms with van der Waals surface area (Å²) in [7, 11) is 0. The Morgan fingerprint density at radius 1 is 1.33 bits per heavy atom. The first-order valence-corrected chi connectivity index (χ1v) is 6.31. The minimum atomic E-state index is 0.529. The van der Waals surface area contributed by atoms with Gasteiger partial charge < -0.3 is 10.6 Å². The lowest BCUT2D eigenvalue weighted by molar-refractivity contribution is 0.556. The molecule has 0 bridgehead atoms. The molecule has 0 saturated carbocycles. The zero-order chi connectivity index (χ0) is 11.3. The predicted octanol–water partition coefficient (Wildman–Crippen LogP) is 1.80. The summed E-state index contributed by atoms with van der Waals surface area (Å²) in [6.45, 7) is 7.90. The third-order valence-corrected chi connectivity index (χ3v) is 3.39. The lowest BCUT2D eigenvalue weighted by Gasteiger charge is -2.29. The summed E-state index contributed by atoms with van der Waals surface area (Å²) in [5, 5.41) is 10.3. The molecule has 5 heteroatoms. The SMILES string of the molecule is CCC(CC)N(CCN)c1nnc(C)s1. The molecular weight excluding hydrogens is 208 g/mol. The van der Waals surface area contributed by atoms with E-state index in [4.69, 9.17) is 5.73 Å². The van der Waals surface area contributed by atoms with Crippen molar-refractivity contribution < 1.29 is 0 Å². The van der Waals surface area contributed by atoms with Gasteiger partial charge in [-0.25, -0.2) is 0 Å². The molecule has 0 aliphatic rings. The van der Waals surface area contributed by atoms with Crippen LogP contribution in [0.3, 0.4) is 0 Å². The number of aryl methyl sites for hydroxylation is 1. The summed E-state index contributed by atoms with van der Waals surface area (Å²) in [5.74, 6) is 0. The van der Waals surface area contributed by atoms with Crippen LogP contribution in [0.4, 0.5) is 5.13 Å². The fraction of sp³-hybridized carbons (Fsp3) is 0.800. The fourth-order valence-corrected chi connectivity index (χ4v) is 2.49. The zero-order valence-corrected chi connectivity index (χ0v) is 10.5. The van der Waals surface area contributed by atoms with Gasteiger partial charge in [-0.2, -0.15) is 0 Å². The first-order valence-electron chi connectivity index (χ1n) is 5.49. The average Bonchev–Trinajstić information content (AvgIpc) is 2.65. The lowest BCUT2D eigenvalue weighted by atomic mass is 10.1. The van der Waals surface area contributed by atoms with Crippen LogP contribution in [0.15, 0.2) is 0 Å². The molecule has 0 fully saturated rings. The van der Waals surface area contributed by atoms with Crippen molar-refractivity contribution >= 4 is 16.5 Å². The summed E-state index contributed by atoms with van der Waals surface area (Å²) in [6, 6.07) is 0.529. The molecule has 1 rings (SSSR count). The van der Waals surface area contributed by atoms with Crippen molar-refractivity contribution in [1.82, 2.24) is 10.2 Å². The minimum Gasteiger partial charge on any atom is -0.342 e. The first kappa shape index (κ1) is 12.4. The molecule has 0 unspecified atom stereocenters. The fourth-order valence-electron chi connectivity index (χ4n) is 1.71. The van der Waals surface area contributed by atoms with Gasteiger partial charge in [-0.3, -0.25) is 0 Å². The van der Waals surface area contributed by atoms with E-state index in [1.165, 1.54) is 0 Å². The normalized spacial score (nSPS) is 11.0. The van der Waals surface area contributed by atoms with E-state index in [1.54, 1.807) is 11.3 Å². The second-order valence-electron chi connectivity index (χ2n) is 3.56. The van der Waals surface area contributed by atoms with Gasteiger partial charge in [0.25, 0.3) is 0 Å². The second-order valence-corrected chi connectivity index (χ2v) is 4.72. The van der Waals surface area contributed by atoms with Gasteiger partial charge in [0.1, 0.15) is 5.01 Å². The van der Waals surface area contributed by atoms with Crippen molar-refractivity contribution in [2.45, 2.75) is 39.7 Å². The number of nitrogens with two attached hydrogens (primary N) is 1. The standard InChI is InChI=1S/C10H20N4S/c1-4-9(5-2)14(7-6-11)10-13-12-8(3)15-10/h9H,4-7,11H2,1-3H3. The first-order chi connectivity index (χ1) is 7.22. The van der Waals surface area contributed by atoms with Gasteiger partial charge in [0.15, 0.2) is 0 Å². The third kappa shape index (κ3) is 3.14. The predicted molar refractivity (Wildman–Crippen MR) is 65.4 cm³/mol. The molecule has 0 radical (unpaired) electrons. The lowest BCUT2D eigenvalue weighted by Crippen LogP contribution is -2.38. The Morgan fingerprint density at radius 2 is 2.00 bits per heavy atom. The minimum absolute atomic E-state index is 0.529. The van der Waals surface area contributed by atoms with E-state index >= 15 is 0 Å². The summed E-state index contributed by atoms with van der Waals surface area (Å²) >= 11 is 1.64. The summed E-state index contributed by atoms with van der Waals surface area (Å²) in [4.78, 5) is 2.28. The highest BCUT2D eigenvalue weighted by Gasteiger charge is 2.18. The van der Waals surface area contributed by atoms with Gasteiger partial charge in [0.2, 0.25) is 5.13 Å². The van der Waals surface area contributed by atoms with Gasteiger partial charge in [0.05, 0.1) is 0 Å². The van der Waals surface area contributed by atoms with E-state index in [0.717, 1.165) is 29.5 Å². The van der Waals surface area contributed by atoms with Gasteiger partial charge in [-0.15, -0.1) is 10.2 Å².